The average Bonchev–Trinajstić information content (AvgIpc) is 2.16. The van der Waals surface area contributed by atoms with Gasteiger partial charge in [-0.3, -0.25) is 9.59 Å². The first-order valence-corrected chi connectivity index (χ1v) is 4.43. The van der Waals surface area contributed by atoms with Gasteiger partial charge < -0.3 is 5.11 Å². The van der Waals surface area contributed by atoms with E-state index in [1.165, 1.54) is 25.1 Å². The number of alkyl halides is 1. The molecule has 0 aliphatic rings. The van der Waals surface area contributed by atoms with E-state index in [-0.39, 0.29) is 22.7 Å². The number of hydrogen-bond donors (Lipinski definition) is 1. The maximum atomic E-state index is 11.0. The molecule has 0 aliphatic carbocycles. The summed E-state index contributed by atoms with van der Waals surface area (Å²) in [4.78, 5) is 21.6. The van der Waals surface area contributed by atoms with Crippen LogP contribution in [0.1, 0.15) is 28.2 Å². The van der Waals surface area contributed by atoms with E-state index in [1.807, 2.05) is 0 Å². The number of phenols is 1. The number of halogens is 1. The summed E-state index contributed by atoms with van der Waals surface area (Å²) in [6, 6.07) is 4.41. The molecule has 0 heterocycles. The molecule has 74 valence electrons. The predicted molar refractivity (Wildman–Crippen MR) is 52.8 cm³/mol. The van der Waals surface area contributed by atoms with E-state index in [4.69, 9.17) is 11.6 Å². The molecule has 1 aromatic rings. The Labute approximate surface area is 86.3 Å². The Hall–Kier alpha value is -1.35. The van der Waals surface area contributed by atoms with Crippen LogP contribution in [0.2, 0.25) is 0 Å². The molecule has 0 saturated heterocycles. The van der Waals surface area contributed by atoms with Gasteiger partial charge in [0.1, 0.15) is 11.1 Å². The third kappa shape index (κ3) is 1.93. The molecule has 14 heavy (non-hydrogen) atoms. The Kier molecular flexibility index (Phi) is 3.25. The van der Waals surface area contributed by atoms with Gasteiger partial charge in [-0.25, -0.2) is 0 Å². The van der Waals surface area contributed by atoms with Gasteiger partial charge in [-0.15, -0.1) is 11.6 Å². The van der Waals surface area contributed by atoms with Crippen molar-refractivity contribution < 1.29 is 14.7 Å². The predicted octanol–water partition coefficient (Wildman–Crippen LogP) is 2.07. The fourth-order valence-corrected chi connectivity index (χ4v) is 1.39. The summed E-state index contributed by atoms with van der Waals surface area (Å²) < 4.78 is 0. The monoisotopic (exact) mass is 212 g/mol. The van der Waals surface area contributed by atoms with Crippen molar-refractivity contribution in [3.8, 4) is 5.75 Å². The fourth-order valence-electron chi connectivity index (χ4n) is 1.15. The van der Waals surface area contributed by atoms with E-state index >= 15 is 0 Å². The van der Waals surface area contributed by atoms with Crippen LogP contribution in [0.25, 0.3) is 0 Å². The average molecular weight is 213 g/mol. The van der Waals surface area contributed by atoms with E-state index < -0.39 is 5.38 Å². The summed E-state index contributed by atoms with van der Waals surface area (Å²) in [7, 11) is 0. The van der Waals surface area contributed by atoms with E-state index in [0.717, 1.165) is 0 Å². The topological polar surface area (TPSA) is 54.4 Å². The highest BCUT2D eigenvalue weighted by Crippen LogP contribution is 2.31. The molecule has 0 fully saturated rings. The maximum Gasteiger partial charge on any atom is 0.152 e. The van der Waals surface area contributed by atoms with Gasteiger partial charge in [0.2, 0.25) is 0 Å². The Balaban J connectivity index is 3.30. The molecule has 1 aromatic carbocycles. The van der Waals surface area contributed by atoms with Crippen molar-refractivity contribution in [2.75, 3.05) is 0 Å². The molecule has 1 N–H and O–H groups in total. The molecule has 0 aliphatic heterocycles. The van der Waals surface area contributed by atoms with Crippen molar-refractivity contribution in [3.63, 3.8) is 0 Å². The maximum absolute atomic E-state index is 11.0. The lowest BCUT2D eigenvalue weighted by Crippen LogP contribution is -2.05. The first-order valence-electron chi connectivity index (χ1n) is 3.99. The first kappa shape index (κ1) is 10.7. The number of rotatable bonds is 3. The minimum absolute atomic E-state index is 0.134. The van der Waals surface area contributed by atoms with Crippen LogP contribution in [0.3, 0.4) is 0 Å². The second-order valence-corrected chi connectivity index (χ2v) is 3.31. The number of aldehydes is 1. The summed E-state index contributed by atoms with van der Waals surface area (Å²) in [6.45, 7) is 1.30. The van der Waals surface area contributed by atoms with Crippen LogP contribution in [-0.4, -0.2) is 17.2 Å². The van der Waals surface area contributed by atoms with Crippen molar-refractivity contribution in [1.82, 2.24) is 0 Å². The van der Waals surface area contributed by atoms with Gasteiger partial charge in [-0.1, -0.05) is 12.1 Å². The van der Waals surface area contributed by atoms with Crippen molar-refractivity contribution in [2.24, 2.45) is 0 Å². The minimum Gasteiger partial charge on any atom is -0.508 e. The van der Waals surface area contributed by atoms with Gasteiger partial charge >= 0.3 is 0 Å². The van der Waals surface area contributed by atoms with E-state index in [9.17, 15) is 14.7 Å². The standard InChI is InChI=1S/C10H9ClO3/c1-6(13)10(11)9-7(5-12)3-2-4-8(9)14/h2-5,10,14H,1H3. The highest BCUT2D eigenvalue weighted by molar-refractivity contribution is 6.31. The second-order valence-electron chi connectivity index (χ2n) is 2.87. The Morgan fingerprint density at radius 3 is 2.71 bits per heavy atom. The zero-order valence-electron chi connectivity index (χ0n) is 7.53. The number of phenolic OH excluding ortho intramolecular Hbond substituents is 1. The third-order valence-corrected chi connectivity index (χ3v) is 2.38. The normalized spacial score (nSPS) is 12.1. The summed E-state index contributed by atoms with van der Waals surface area (Å²) >= 11 is 5.76. The molecular formula is C10H9ClO3. The molecule has 0 bridgehead atoms. The Morgan fingerprint density at radius 1 is 1.57 bits per heavy atom. The molecule has 0 saturated carbocycles. The lowest BCUT2D eigenvalue weighted by Gasteiger charge is -2.10. The number of benzene rings is 1. The van der Waals surface area contributed by atoms with E-state index in [1.54, 1.807) is 0 Å². The number of Topliss-reactive ketones (excluding diaryl/α,β-unsaturated/α-hetero) is 1. The largest absolute Gasteiger partial charge is 0.508 e. The SMILES string of the molecule is CC(=O)C(Cl)c1c(O)cccc1C=O. The van der Waals surface area contributed by atoms with Crippen LogP contribution in [-0.2, 0) is 4.79 Å². The van der Waals surface area contributed by atoms with Crippen molar-refractivity contribution in [1.29, 1.82) is 0 Å². The smallest absolute Gasteiger partial charge is 0.152 e. The molecule has 1 atom stereocenters. The number of aromatic hydroxyl groups is 1. The van der Waals surface area contributed by atoms with Gasteiger partial charge in [-0.05, 0) is 13.0 Å². The molecule has 0 spiro atoms. The Morgan fingerprint density at radius 2 is 2.21 bits per heavy atom. The molecule has 1 rings (SSSR count). The van der Waals surface area contributed by atoms with Crippen LogP contribution in [0.5, 0.6) is 5.75 Å². The third-order valence-electron chi connectivity index (χ3n) is 1.85. The summed E-state index contributed by atoms with van der Waals surface area (Å²) in [6.07, 6.45) is 0.563. The summed E-state index contributed by atoms with van der Waals surface area (Å²) in [5, 5.41) is 8.47. The van der Waals surface area contributed by atoms with Gasteiger partial charge in [0.25, 0.3) is 0 Å². The Bertz CT molecular complexity index is 374. The molecular weight excluding hydrogens is 204 g/mol. The zero-order valence-corrected chi connectivity index (χ0v) is 8.28. The quantitative estimate of drug-likeness (QED) is 0.617. The van der Waals surface area contributed by atoms with Crippen LogP contribution in [0.15, 0.2) is 18.2 Å². The van der Waals surface area contributed by atoms with E-state index in [0.29, 0.717) is 6.29 Å². The van der Waals surface area contributed by atoms with Crippen LogP contribution in [0.4, 0.5) is 0 Å². The summed E-state index contributed by atoms with van der Waals surface area (Å²) in [5.41, 5.74) is 0.414. The fraction of sp³-hybridized carbons (Fsp3) is 0.200. The van der Waals surface area contributed by atoms with Crippen LogP contribution < -0.4 is 0 Å². The lowest BCUT2D eigenvalue weighted by atomic mass is 10.0. The number of carbonyl (C=O) groups is 2. The van der Waals surface area contributed by atoms with Gasteiger partial charge in [0.05, 0.1) is 0 Å². The highest BCUT2D eigenvalue weighted by Gasteiger charge is 2.20. The van der Waals surface area contributed by atoms with Crippen molar-refractivity contribution in [3.05, 3.63) is 29.3 Å². The molecule has 3 nitrogen and oxygen atoms in total. The van der Waals surface area contributed by atoms with Crippen LogP contribution >= 0.6 is 11.6 Å². The lowest BCUT2D eigenvalue weighted by molar-refractivity contribution is -0.116. The van der Waals surface area contributed by atoms with Gasteiger partial charge in [0.15, 0.2) is 12.1 Å². The van der Waals surface area contributed by atoms with E-state index in [2.05, 4.69) is 0 Å². The molecule has 1 unspecified atom stereocenters. The molecule has 4 heteroatoms. The van der Waals surface area contributed by atoms with Gasteiger partial charge in [0, 0.05) is 11.1 Å². The number of carbonyl (C=O) groups excluding carboxylic acids is 2. The second kappa shape index (κ2) is 4.24. The number of ketones is 1. The first-order chi connectivity index (χ1) is 6.57. The van der Waals surface area contributed by atoms with Crippen molar-refractivity contribution in [2.45, 2.75) is 12.3 Å². The zero-order chi connectivity index (χ0) is 10.7. The highest BCUT2D eigenvalue weighted by atomic mass is 35.5. The molecule has 0 amide bonds. The number of hydrogen-bond acceptors (Lipinski definition) is 3. The molecule has 0 radical (unpaired) electrons. The summed E-state index contributed by atoms with van der Waals surface area (Å²) in [5.74, 6) is -0.443. The van der Waals surface area contributed by atoms with Crippen LogP contribution in [0, 0.1) is 0 Å². The van der Waals surface area contributed by atoms with Crippen molar-refractivity contribution >= 4 is 23.7 Å². The molecule has 0 aromatic heterocycles. The van der Waals surface area contributed by atoms with Gasteiger partial charge in [-0.2, -0.15) is 0 Å². The minimum atomic E-state index is -0.976.